The average Bonchev–Trinajstić information content (AvgIpc) is 2.38. The predicted octanol–water partition coefficient (Wildman–Crippen LogP) is 2.68. The van der Waals surface area contributed by atoms with Crippen molar-refractivity contribution in [1.29, 1.82) is 5.26 Å². The number of carbonyl (C=O) groups excluding carboxylic acids is 1. The summed E-state index contributed by atoms with van der Waals surface area (Å²) in [4.78, 5) is 12.3. The molecule has 100 valence electrons. The molecule has 1 aromatic carbocycles. The zero-order valence-electron chi connectivity index (χ0n) is 11.4. The van der Waals surface area contributed by atoms with Crippen LogP contribution in [0.3, 0.4) is 0 Å². The van der Waals surface area contributed by atoms with E-state index in [2.05, 4.69) is 6.07 Å². The summed E-state index contributed by atoms with van der Waals surface area (Å²) in [7, 11) is 0. The molecule has 1 aliphatic heterocycles. The number of nitriles is 1. The second-order valence-electron chi connectivity index (χ2n) is 5.58. The quantitative estimate of drug-likeness (QED) is 0.819. The molecule has 1 aromatic rings. The van der Waals surface area contributed by atoms with E-state index in [1.54, 1.807) is 18.2 Å². The minimum atomic E-state index is -0.768. The van der Waals surface area contributed by atoms with Gasteiger partial charge in [0.15, 0.2) is 17.3 Å². The monoisotopic (exact) mass is 259 g/mol. The maximum Gasteiger partial charge on any atom is 0.161 e. The van der Waals surface area contributed by atoms with E-state index in [0.717, 1.165) is 0 Å². The van der Waals surface area contributed by atoms with Crippen LogP contribution in [0.4, 0.5) is 0 Å². The zero-order chi connectivity index (χ0) is 14.0. The number of Topliss-reactive ketones (excluding diaryl/α,β-unsaturated/α-hetero) is 1. The molecule has 0 N–H and O–H groups in total. The largest absolute Gasteiger partial charge is 0.486 e. The number of ether oxygens (including phenoxy) is 2. The Bertz CT molecular complexity index is 537. The van der Waals surface area contributed by atoms with Crippen molar-refractivity contribution in [3.8, 4) is 17.6 Å². The Balaban J connectivity index is 2.35. The third-order valence-corrected chi connectivity index (χ3v) is 3.03. The van der Waals surface area contributed by atoms with E-state index in [1.165, 1.54) is 0 Å². The van der Waals surface area contributed by atoms with Gasteiger partial charge < -0.3 is 9.47 Å². The molecule has 1 unspecified atom stereocenters. The van der Waals surface area contributed by atoms with Crippen molar-refractivity contribution in [1.82, 2.24) is 0 Å². The molecule has 0 saturated heterocycles. The molecule has 4 heteroatoms. The molecule has 0 saturated carbocycles. The highest BCUT2D eigenvalue weighted by molar-refractivity contribution is 5.92. The van der Waals surface area contributed by atoms with Crippen LogP contribution in [0, 0.1) is 16.7 Å². The normalized spacial score (nSPS) is 15.5. The second-order valence-corrected chi connectivity index (χ2v) is 5.58. The van der Waals surface area contributed by atoms with Gasteiger partial charge in [0.25, 0.3) is 0 Å². The molecular weight excluding hydrogens is 242 g/mol. The van der Waals surface area contributed by atoms with E-state index in [-0.39, 0.29) is 5.78 Å². The third-order valence-electron chi connectivity index (χ3n) is 3.03. The Morgan fingerprint density at radius 2 is 1.89 bits per heavy atom. The minimum Gasteiger partial charge on any atom is -0.486 e. The SMILES string of the molecule is CC(C)(C)C(=O)C(C#N)c1ccc2c(c1)OCCO2. The highest BCUT2D eigenvalue weighted by atomic mass is 16.6. The molecule has 0 fully saturated rings. The Hall–Kier alpha value is -2.02. The molecule has 0 bridgehead atoms. The number of carbonyl (C=O) groups is 1. The zero-order valence-corrected chi connectivity index (χ0v) is 11.4. The van der Waals surface area contributed by atoms with Gasteiger partial charge in [-0.1, -0.05) is 26.8 Å². The van der Waals surface area contributed by atoms with Crippen LogP contribution >= 0.6 is 0 Å². The van der Waals surface area contributed by atoms with Crippen molar-refractivity contribution in [2.45, 2.75) is 26.7 Å². The molecule has 0 aliphatic carbocycles. The van der Waals surface area contributed by atoms with Crippen LogP contribution in [0.25, 0.3) is 0 Å². The van der Waals surface area contributed by atoms with Crippen LogP contribution in [0.15, 0.2) is 18.2 Å². The predicted molar refractivity (Wildman–Crippen MR) is 70.2 cm³/mol. The van der Waals surface area contributed by atoms with Gasteiger partial charge in [-0.15, -0.1) is 0 Å². The highest BCUT2D eigenvalue weighted by Crippen LogP contribution is 2.35. The van der Waals surface area contributed by atoms with Crippen molar-refractivity contribution in [3.63, 3.8) is 0 Å². The molecule has 0 radical (unpaired) electrons. The van der Waals surface area contributed by atoms with Gasteiger partial charge in [0.05, 0.1) is 6.07 Å². The number of hydrogen-bond acceptors (Lipinski definition) is 4. The van der Waals surface area contributed by atoms with Crippen LogP contribution in [0.2, 0.25) is 0 Å². The molecule has 0 spiro atoms. The summed E-state index contributed by atoms with van der Waals surface area (Å²) in [6, 6.07) is 7.32. The topological polar surface area (TPSA) is 59.3 Å². The van der Waals surface area contributed by atoms with Gasteiger partial charge in [0.1, 0.15) is 19.1 Å². The lowest BCUT2D eigenvalue weighted by molar-refractivity contribution is -0.126. The Kier molecular flexibility index (Phi) is 3.48. The fraction of sp³-hybridized carbons (Fsp3) is 0.467. The summed E-state index contributed by atoms with van der Waals surface area (Å²) in [5.74, 6) is 0.406. The Morgan fingerprint density at radius 1 is 1.26 bits per heavy atom. The molecule has 4 nitrogen and oxygen atoms in total. The number of nitrogens with zero attached hydrogens (tertiary/aromatic N) is 1. The molecule has 1 heterocycles. The smallest absolute Gasteiger partial charge is 0.161 e. The van der Waals surface area contributed by atoms with E-state index >= 15 is 0 Å². The lowest BCUT2D eigenvalue weighted by atomic mass is 9.80. The number of benzene rings is 1. The first-order valence-corrected chi connectivity index (χ1v) is 6.27. The fourth-order valence-electron chi connectivity index (χ4n) is 1.96. The minimum absolute atomic E-state index is 0.0910. The van der Waals surface area contributed by atoms with Gasteiger partial charge in [0, 0.05) is 5.41 Å². The molecule has 2 rings (SSSR count). The lowest BCUT2D eigenvalue weighted by Gasteiger charge is -2.22. The van der Waals surface area contributed by atoms with E-state index in [4.69, 9.17) is 9.47 Å². The van der Waals surface area contributed by atoms with Crippen molar-refractivity contribution in [2.24, 2.45) is 5.41 Å². The van der Waals surface area contributed by atoms with Crippen LogP contribution in [-0.2, 0) is 4.79 Å². The van der Waals surface area contributed by atoms with Crippen LogP contribution in [-0.4, -0.2) is 19.0 Å². The maximum atomic E-state index is 12.3. The van der Waals surface area contributed by atoms with Gasteiger partial charge in [-0.3, -0.25) is 4.79 Å². The fourth-order valence-corrected chi connectivity index (χ4v) is 1.96. The van der Waals surface area contributed by atoms with Crippen molar-refractivity contribution in [2.75, 3.05) is 13.2 Å². The van der Waals surface area contributed by atoms with Crippen molar-refractivity contribution >= 4 is 5.78 Å². The van der Waals surface area contributed by atoms with Crippen LogP contribution in [0.5, 0.6) is 11.5 Å². The van der Waals surface area contributed by atoms with Gasteiger partial charge in [-0.25, -0.2) is 0 Å². The van der Waals surface area contributed by atoms with Gasteiger partial charge in [-0.05, 0) is 17.7 Å². The summed E-state index contributed by atoms with van der Waals surface area (Å²) in [5.41, 5.74) is 0.111. The Labute approximate surface area is 112 Å². The Morgan fingerprint density at radius 3 is 2.47 bits per heavy atom. The van der Waals surface area contributed by atoms with Crippen LogP contribution < -0.4 is 9.47 Å². The van der Waals surface area contributed by atoms with Gasteiger partial charge >= 0.3 is 0 Å². The van der Waals surface area contributed by atoms with E-state index in [9.17, 15) is 10.1 Å². The van der Waals surface area contributed by atoms with Gasteiger partial charge in [-0.2, -0.15) is 5.26 Å². The standard InChI is InChI=1S/C15H17NO3/c1-15(2,3)14(17)11(9-16)10-4-5-12-13(8-10)19-7-6-18-12/h4-5,8,11H,6-7H2,1-3H3. The van der Waals surface area contributed by atoms with E-state index in [0.29, 0.717) is 30.3 Å². The summed E-state index contributed by atoms with van der Waals surface area (Å²) in [6.07, 6.45) is 0. The van der Waals surface area contributed by atoms with Gasteiger partial charge in [0.2, 0.25) is 0 Å². The summed E-state index contributed by atoms with van der Waals surface area (Å²) < 4.78 is 10.9. The molecule has 1 atom stereocenters. The average molecular weight is 259 g/mol. The summed E-state index contributed by atoms with van der Waals surface area (Å²) in [6.45, 7) is 6.46. The molecular formula is C15H17NO3. The van der Waals surface area contributed by atoms with Crippen molar-refractivity contribution < 1.29 is 14.3 Å². The number of rotatable bonds is 2. The molecule has 0 amide bonds. The number of ketones is 1. The molecule has 19 heavy (non-hydrogen) atoms. The van der Waals surface area contributed by atoms with E-state index < -0.39 is 11.3 Å². The van der Waals surface area contributed by atoms with Crippen molar-refractivity contribution in [3.05, 3.63) is 23.8 Å². The van der Waals surface area contributed by atoms with E-state index in [1.807, 2.05) is 20.8 Å². The molecule has 0 aromatic heterocycles. The number of fused-ring (bicyclic) bond motifs is 1. The molecule has 1 aliphatic rings. The first-order chi connectivity index (χ1) is 8.93. The third kappa shape index (κ3) is 2.70. The van der Waals surface area contributed by atoms with Crippen LogP contribution in [0.1, 0.15) is 32.3 Å². The summed E-state index contributed by atoms with van der Waals surface area (Å²) >= 11 is 0. The summed E-state index contributed by atoms with van der Waals surface area (Å²) in [5, 5.41) is 9.27. The maximum absolute atomic E-state index is 12.3. The highest BCUT2D eigenvalue weighted by Gasteiger charge is 2.31. The first kappa shape index (κ1) is 13.4. The first-order valence-electron chi connectivity index (χ1n) is 6.27. The lowest BCUT2D eigenvalue weighted by Crippen LogP contribution is -2.26. The second kappa shape index (κ2) is 4.93. The number of hydrogen-bond donors (Lipinski definition) is 0.